The van der Waals surface area contributed by atoms with Crippen molar-refractivity contribution in [1.29, 1.82) is 0 Å². The van der Waals surface area contributed by atoms with Crippen molar-refractivity contribution in [3.8, 4) is 44.5 Å². The molecule has 0 fully saturated rings. The van der Waals surface area contributed by atoms with Crippen molar-refractivity contribution in [3.63, 3.8) is 0 Å². The van der Waals surface area contributed by atoms with Gasteiger partial charge in [-0.2, -0.15) is 0 Å². The molecular formula is C64H91O3P. The maximum absolute atomic E-state index is 16.0. The lowest BCUT2D eigenvalue weighted by Gasteiger charge is -2.36. The molecule has 0 bridgehead atoms. The second-order valence-electron chi connectivity index (χ2n) is 28.0. The Hall–Kier alpha value is -3.75. The molecular weight excluding hydrogens is 848 g/mol. The van der Waals surface area contributed by atoms with Crippen LogP contribution in [0.4, 0.5) is 0 Å². The zero-order valence-corrected chi connectivity index (χ0v) is 48.6. The molecule has 3 nitrogen and oxygen atoms in total. The summed E-state index contributed by atoms with van der Waals surface area (Å²) in [5, 5.41) is 0.563. The largest absolute Gasteiger partial charge is 0.361 e. The molecule has 370 valence electrons. The summed E-state index contributed by atoms with van der Waals surface area (Å²) in [4.78, 5) is 0. The van der Waals surface area contributed by atoms with E-state index in [2.05, 4.69) is 245 Å². The van der Waals surface area contributed by atoms with Gasteiger partial charge in [-0.3, -0.25) is 4.57 Å². The van der Waals surface area contributed by atoms with Crippen LogP contribution in [0.5, 0.6) is 0 Å². The summed E-state index contributed by atoms with van der Waals surface area (Å²) in [5.74, 6) is 0. The summed E-state index contributed by atoms with van der Waals surface area (Å²) in [6.07, 6.45) is 0. The predicted octanol–water partition coefficient (Wildman–Crippen LogP) is 18.8. The van der Waals surface area contributed by atoms with Crippen molar-refractivity contribution in [2.75, 3.05) is 14.2 Å². The van der Waals surface area contributed by atoms with Crippen molar-refractivity contribution in [3.05, 3.63) is 123 Å². The monoisotopic (exact) mass is 939 g/mol. The molecule has 68 heavy (non-hydrogen) atoms. The van der Waals surface area contributed by atoms with Crippen LogP contribution in [0.15, 0.2) is 78.9 Å². The molecule has 0 saturated carbocycles. The first kappa shape index (κ1) is 55.2. The fourth-order valence-corrected chi connectivity index (χ4v) is 10.9. The van der Waals surface area contributed by atoms with Crippen LogP contribution >= 0.6 is 7.60 Å². The Morgan fingerprint density at radius 1 is 0.294 bits per heavy atom. The van der Waals surface area contributed by atoms with E-state index in [0.29, 0.717) is 5.30 Å². The molecule has 0 unspecified atom stereocenters. The first-order valence-corrected chi connectivity index (χ1v) is 26.7. The first-order valence-electron chi connectivity index (χ1n) is 25.1. The van der Waals surface area contributed by atoms with E-state index < -0.39 is 7.60 Å². The minimum Gasteiger partial charge on any atom is -0.309 e. The number of benzene rings is 5. The van der Waals surface area contributed by atoms with E-state index >= 15 is 4.57 Å². The van der Waals surface area contributed by atoms with Crippen molar-refractivity contribution in [1.82, 2.24) is 0 Å². The van der Waals surface area contributed by atoms with Crippen molar-refractivity contribution < 1.29 is 13.6 Å². The summed E-state index contributed by atoms with van der Waals surface area (Å²) in [5.41, 5.74) is 17.0. The van der Waals surface area contributed by atoms with E-state index in [1.165, 1.54) is 58.7 Å². The number of hydrogen-bond acceptors (Lipinski definition) is 3. The molecule has 0 aromatic heterocycles. The van der Waals surface area contributed by atoms with E-state index in [0.717, 1.165) is 44.5 Å². The molecule has 4 heteroatoms. The van der Waals surface area contributed by atoms with Gasteiger partial charge in [0.25, 0.3) is 0 Å². The van der Waals surface area contributed by atoms with Gasteiger partial charge in [-0.05, 0) is 133 Å². The minimum atomic E-state index is -4.02. The Kier molecular flexibility index (Phi) is 14.7. The SMILES string of the molecule is COP(=O)(OC)c1cc(-c2ccc(C(C)(C)C)cc2C(C)(C)C)c(-c2ccc(C(C)(C)C)cc2C(C)(C)C)c(-c2ccc(C(C)(C)C)cc2C(C)(C)C)c1-c1ccc(C(C)(C)C)cc1C(C)(C)C. The van der Waals surface area contributed by atoms with Crippen LogP contribution in [-0.4, -0.2) is 14.2 Å². The van der Waals surface area contributed by atoms with Gasteiger partial charge < -0.3 is 9.05 Å². The smallest absolute Gasteiger partial charge is 0.309 e. The van der Waals surface area contributed by atoms with Gasteiger partial charge >= 0.3 is 7.60 Å². The zero-order valence-electron chi connectivity index (χ0n) is 47.7. The first-order chi connectivity index (χ1) is 30.6. The lowest BCUT2D eigenvalue weighted by atomic mass is 9.69. The van der Waals surface area contributed by atoms with Crippen molar-refractivity contribution in [2.45, 2.75) is 209 Å². The van der Waals surface area contributed by atoms with Crippen LogP contribution in [0.1, 0.15) is 211 Å². The van der Waals surface area contributed by atoms with E-state index in [9.17, 15) is 0 Å². The molecule has 0 aliphatic heterocycles. The molecule has 0 heterocycles. The maximum atomic E-state index is 16.0. The third-order valence-corrected chi connectivity index (χ3v) is 15.9. The van der Waals surface area contributed by atoms with Crippen LogP contribution in [0.25, 0.3) is 44.5 Å². The minimum absolute atomic E-state index is 0.0789. The van der Waals surface area contributed by atoms with Crippen molar-refractivity contribution in [2.24, 2.45) is 0 Å². The summed E-state index contributed by atoms with van der Waals surface area (Å²) in [7, 11) is -0.944. The topological polar surface area (TPSA) is 35.5 Å². The van der Waals surface area contributed by atoms with Gasteiger partial charge in [0, 0.05) is 19.8 Å². The van der Waals surface area contributed by atoms with Gasteiger partial charge in [-0.15, -0.1) is 0 Å². The van der Waals surface area contributed by atoms with Gasteiger partial charge in [0.15, 0.2) is 0 Å². The highest BCUT2D eigenvalue weighted by Gasteiger charge is 2.39. The van der Waals surface area contributed by atoms with Crippen LogP contribution in [0.3, 0.4) is 0 Å². The van der Waals surface area contributed by atoms with Gasteiger partial charge in [-0.25, -0.2) is 0 Å². The molecule has 5 aromatic rings. The lowest BCUT2D eigenvalue weighted by Crippen LogP contribution is -2.23. The zero-order chi connectivity index (χ0) is 51.9. The fourth-order valence-electron chi connectivity index (χ4n) is 9.60. The Balaban J connectivity index is 2.39. The van der Waals surface area contributed by atoms with Crippen LogP contribution in [-0.2, 0) is 56.9 Å². The Morgan fingerprint density at radius 2 is 0.544 bits per heavy atom. The average Bonchev–Trinajstić information content (AvgIpc) is 3.19. The number of rotatable bonds is 7. The summed E-state index contributed by atoms with van der Waals surface area (Å²) < 4.78 is 28.5. The highest BCUT2D eigenvalue weighted by atomic mass is 31.2. The summed E-state index contributed by atoms with van der Waals surface area (Å²) in [6.45, 7) is 55.4. The Morgan fingerprint density at radius 3 is 0.809 bits per heavy atom. The molecule has 5 aromatic carbocycles. The number of hydrogen-bond donors (Lipinski definition) is 0. The van der Waals surface area contributed by atoms with E-state index in [1.807, 2.05) is 0 Å². The summed E-state index contributed by atoms with van der Waals surface area (Å²) >= 11 is 0. The van der Waals surface area contributed by atoms with Gasteiger partial charge in [0.2, 0.25) is 0 Å². The van der Waals surface area contributed by atoms with Crippen molar-refractivity contribution >= 4 is 12.9 Å². The predicted molar refractivity (Wildman–Crippen MR) is 299 cm³/mol. The third-order valence-electron chi connectivity index (χ3n) is 14.0. The quantitative estimate of drug-likeness (QED) is 0.153. The van der Waals surface area contributed by atoms with E-state index in [-0.39, 0.29) is 43.3 Å². The molecule has 0 aliphatic rings. The van der Waals surface area contributed by atoms with Gasteiger partial charge in [0.05, 0.1) is 5.30 Å². The Labute approximate surface area is 416 Å². The second kappa shape index (κ2) is 18.1. The highest BCUT2D eigenvalue weighted by Crippen LogP contribution is 2.58. The molecule has 0 amide bonds. The third kappa shape index (κ3) is 11.2. The molecule has 0 atom stereocenters. The van der Waals surface area contributed by atoms with E-state index in [4.69, 9.17) is 9.05 Å². The fraction of sp³-hybridized carbons (Fsp3) is 0.531. The van der Waals surface area contributed by atoms with E-state index in [1.54, 1.807) is 0 Å². The van der Waals surface area contributed by atoms with Gasteiger partial charge in [-0.1, -0.05) is 239 Å². The standard InChI is InChI=1S/C64H91O3P/c1-57(2,3)40-27-31-44(49(35-40)61(13,14)15)48-39-53(68(65,66-25)67-26)55(46-33-29-42(59(7,8)9)37-51(46)63(19,20)21)56(47-34-30-43(60(10,11)12)38-52(47)64(22,23)24)54(48)45-32-28-41(58(4,5)6)36-50(45)62(16,17)18/h27-39H,1-26H3. The van der Waals surface area contributed by atoms with Crippen LogP contribution < -0.4 is 5.30 Å². The van der Waals surface area contributed by atoms with Crippen LogP contribution in [0, 0.1) is 0 Å². The molecule has 0 aliphatic carbocycles. The molecule has 0 spiro atoms. The average molecular weight is 939 g/mol. The maximum Gasteiger partial charge on any atom is 0.361 e. The molecule has 0 radical (unpaired) electrons. The lowest BCUT2D eigenvalue weighted by molar-refractivity contribution is 0.287. The normalized spacial score (nSPS) is 13.9. The second-order valence-corrected chi connectivity index (χ2v) is 30.2. The molecule has 0 N–H and O–H groups in total. The van der Waals surface area contributed by atoms with Crippen LogP contribution in [0.2, 0.25) is 0 Å². The Bertz CT molecular complexity index is 2710. The summed E-state index contributed by atoms with van der Waals surface area (Å²) in [6, 6.07) is 30.6. The molecule has 5 rings (SSSR count). The van der Waals surface area contributed by atoms with Gasteiger partial charge in [0.1, 0.15) is 0 Å². The molecule has 0 saturated heterocycles. The highest BCUT2D eigenvalue weighted by molar-refractivity contribution is 7.62.